The molecule has 0 radical (unpaired) electrons. The molecule has 0 saturated heterocycles. The van der Waals surface area contributed by atoms with Crippen molar-refractivity contribution >= 4 is 27.9 Å². The molecule has 0 aliphatic rings. The summed E-state index contributed by atoms with van der Waals surface area (Å²) in [5, 5.41) is 12.0. The fourth-order valence-corrected chi connectivity index (χ4v) is 2.47. The predicted octanol–water partition coefficient (Wildman–Crippen LogP) is 3.85. The van der Waals surface area contributed by atoms with Crippen LogP contribution in [0.1, 0.15) is 25.3 Å². The van der Waals surface area contributed by atoms with Crippen LogP contribution in [0.5, 0.6) is 11.5 Å². The van der Waals surface area contributed by atoms with Crippen molar-refractivity contribution in [2.75, 3.05) is 20.3 Å². The normalized spacial score (nSPS) is 10.7. The highest BCUT2D eigenvalue weighted by Crippen LogP contribution is 2.37. The third-order valence-electron chi connectivity index (χ3n) is 3.09. The van der Waals surface area contributed by atoms with Gasteiger partial charge in [0.05, 0.1) is 11.6 Å². The van der Waals surface area contributed by atoms with Crippen molar-refractivity contribution in [3.63, 3.8) is 0 Å². The van der Waals surface area contributed by atoms with Crippen LogP contribution in [0, 0.1) is 11.3 Å². The summed E-state index contributed by atoms with van der Waals surface area (Å²) in [4.78, 5) is 12.0. The van der Waals surface area contributed by atoms with Crippen molar-refractivity contribution in [1.29, 1.82) is 5.26 Å². The summed E-state index contributed by atoms with van der Waals surface area (Å²) in [7, 11) is 1.53. The van der Waals surface area contributed by atoms with Crippen LogP contribution in [0.25, 0.3) is 6.08 Å². The highest BCUT2D eigenvalue weighted by Gasteiger charge is 2.13. The van der Waals surface area contributed by atoms with Crippen LogP contribution >= 0.6 is 15.9 Å². The standard InChI is InChI=1S/C18H21BrN2O3/c1-4-6-7-21-18(22)14(12-20)9-13-10-15(19)17(24-8-5-2)16(11-13)23-3/h5,9-11H,2,4,6-8H2,1,3H3,(H,21,22)/b14-9-. The number of halogens is 1. The zero-order chi connectivity index (χ0) is 17.9. The Morgan fingerprint density at radius 1 is 1.50 bits per heavy atom. The van der Waals surface area contributed by atoms with E-state index in [9.17, 15) is 10.1 Å². The lowest BCUT2D eigenvalue weighted by Crippen LogP contribution is -2.25. The number of nitriles is 1. The molecule has 24 heavy (non-hydrogen) atoms. The number of rotatable bonds is 9. The molecule has 0 fully saturated rings. The number of hydrogen-bond acceptors (Lipinski definition) is 4. The SMILES string of the molecule is C=CCOc1c(Br)cc(/C=C(/C#N)C(=O)NCCCC)cc1OC. The molecule has 1 aromatic rings. The summed E-state index contributed by atoms with van der Waals surface area (Å²) in [6.45, 7) is 6.53. The second-order valence-electron chi connectivity index (χ2n) is 4.91. The molecule has 0 saturated carbocycles. The van der Waals surface area contributed by atoms with E-state index in [4.69, 9.17) is 9.47 Å². The number of unbranched alkanes of at least 4 members (excludes halogenated alkanes) is 1. The lowest BCUT2D eigenvalue weighted by molar-refractivity contribution is -0.117. The molecule has 128 valence electrons. The van der Waals surface area contributed by atoms with E-state index in [1.165, 1.54) is 13.2 Å². The maximum absolute atomic E-state index is 12.0. The zero-order valence-corrected chi connectivity index (χ0v) is 15.5. The molecule has 0 aromatic heterocycles. The van der Waals surface area contributed by atoms with E-state index in [2.05, 4.69) is 27.8 Å². The van der Waals surface area contributed by atoms with Gasteiger partial charge in [0.15, 0.2) is 11.5 Å². The van der Waals surface area contributed by atoms with Gasteiger partial charge in [-0.25, -0.2) is 0 Å². The molecule has 0 heterocycles. The Bertz CT molecular complexity index is 663. The van der Waals surface area contributed by atoms with Gasteiger partial charge >= 0.3 is 0 Å². The Morgan fingerprint density at radius 3 is 2.83 bits per heavy atom. The number of nitrogens with one attached hydrogen (secondary N) is 1. The molecule has 0 aliphatic carbocycles. The minimum absolute atomic E-state index is 0.0415. The quantitative estimate of drug-likeness (QED) is 0.300. The van der Waals surface area contributed by atoms with Crippen LogP contribution < -0.4 is 14.8 Å². The van der Waals surface area contributed by atoms with Gasteiger partial charge in [0.1, 0.15) is 18.2 Å². The fourth-order valence-electron chi connectivity index (χ4n) is 1.89. The van der Waals surface area contributed by atoms with Gasteiger partial charge in [0.2, 0.25) is 0 Å². The summed E-state index contributed by atoms with van der Waals surface area (Å²) >= 11 is 3.42. The number of nitrogens with zero attached hydrogens (tertiary/aromatic N) is 1. The van der Waals surface area contributed by atoms with E-state index in [0.29, 0.717) is 34.7 Å². The number of ether oxygens (including phenoxy) is 2. The Balaban J connectivity index is 3.07. The Labute approximate surface area is 151 Å². The van der Waals surface area contributed by atoms with Gasteiger partial charge in [-0.1, -0.05) is 26.0 Å². The molecule has 1 N–H and O–H groups in total. The second kappa shape index (κ2) is 10.5. The fraction of sp³-hybridized carbons (Fsp3) is 0.333. The first-order valence-electron chi connectivity index (χ1n) is 7.58. The number of amides is 1. The summed E-state index contributed by atoms with van der Waals surface area (Å²) < 4.78 is 11.5. The molecular formula is C18H21BrN2O3. The number of methoxy groups -OCH3 is 1. The van der Waals surface area contributed by atoms with Crippen LogP contribution in [0.4, 0.5) is 0 Å². The van der Waals surface area contributed by atoms with Gasteiger partial charge in [-0.05, 0) is 46.1 Å². The van der Waals surface area contributed by atoms with Gasteiger partial charge in [-0.3, -0.25) is 4.79 Å². The maximum atomic E-state index is 12.0. The highest BCUT2D eigenvalue weighted by atomic mass is 79.9. The average molecular weight is 393 g/mol. The van der Waals surface area contributed by atoms with Crippen LogP contribution in [-0.4, -0.2) is 26.2 Å². The van der Waals surface area contributed by atoms with Crippen molar-refractivity contribution in [1.82, 2.24) is 5.32 Å². The summed E-state index contributed by atoms with van der Waals surface area (Å²) in [6, 6.07) is 5.40. The maximum Gasteiger partial charge on any atom is 0.261 e. The molecule has 5 nitrogen and oxygen atoms in total. The van der Waals surface area contributed by atoms with Crippen molar-refractivity contribution < 1.29 is 14.3 Å². The van der Waals surface area contributed by atoms with Crippen molar-refractivity contribution in [3.8, 4) is 17.6 Å². The number of hydrogen-bond donors (Lipinski definition) is 1. The molecule has 1 amide bonds. The van der Waals surface area contributed by atoms with Gasteiger partial charge in [-0.2, -0.15) is 5.26 Å². The lowest BCUT2D eigenvalue weighted by atomic mass is 10.1. The molecule has 6 heteroatoms. The first kappa shape index (κ1) is 19.8. The van der Waals surface area contributed by atoms with Gasteiger partial charge in [0.25, 0.3) is 5.91 Å². The van der Waals surface area contributed by atoms with Crippen LogP contribution in [0.3, 0.4) is 0 Å². The van der Waals surface area contributed by atoms with Gasteiger partial charge in [-0.15, -0.1) is 0 Å². The molecule has 1 aromatic carbocycles. The lowest BCUT2D eigenvalue weighted by Gasteiger charge is -2.12. The number of benzene rings is 1. The molecule has 0 unspecified atom stereocenters. The van der Waals surface area contributed by atoms with Crippen molar-refractivity contribution in [2.24, 2.45) is 0 Å². The van der Waals surface area contributed by atoms with E-state index in [-0.39, 0.29) is 11.5 Å². The van der Waals surface area contributed by atoms with Crippen LogP contribution in [0.15, 0.2) is 34.8 Å². The Kier molecular flexibility index (Phi) is 8.66. The minimum atomic E-state index is -0.381. The minimum Gasteiger partial charge on any atom is -0.493 e. The van der Waals surface area contributed by atoms with E-state index in [1.54, 1.807) is 18.2 Å². The largest absolute Gasteiger partial charge is 0.493 e. The molecule has 0 atom stereocenters. The first-order chi connectivity index (χ1) is 11.6. The molecular weight excluding hydrogens is 372 g/mol. The number of carbonyl (C=O) groups excluding carboxylic acids is 1. The van der Waals surface area contributed by atoms with Crippen molar-refractivity contribution in [3.05, 3.63) is 40.4 Å². The van der Waals surface area contributed by atoms with E-state index in [1.807, 2.05) is 13.0 Å². The van der Waals surface area contributed by atoms with E-state index < -0.39 is 0 Å². The number of carbonyl (C=O) groups is 1. The Hall–Kier alpha value is -2.26. The van der Waals surface area contributed by atoms with Crippen LogP contribution in [0.2, 0.25) is 0 Å². The molecule has 1 rings (SSSR count). The summed E-state index contributed by atoms with van der Waals surface area (Å²) in [5.74, 6) is 0.662. The van der Waals surface area contributed by atoms with Gasteiger partial charge in [0, 0.05) is 6.54 Å². The zero-order valence-electron chi connectivity index (χ0n) is 13.9. The average Bonchev–Trinajstić information content (AvgIpc) is 2.58. The smallest absolute Gasteiger partial charge is 0.261 e. The third-order valence-corrected chi connectivity index (χ3v) is 3.68. The monoisotopic (exact) mass is 392 g/mol. The predicted molar refractivity (Wildman–Crippen MR) is 97.9 cm³/mol. The second-order valence-corrected chi connectivity index (χ2v) is 5.77. The summed E-state index contributed by atoms with van der Waals surface area (Å²) in [5.41, 5.74) is 0.701. The van der Waals surface area contributed by atoms with Crippen LogP contribution in [-0.2, 0) is 4.79 Å². The van der Waals surface area contributed by atoms with E-state index in [0.717, 1.165) is 12.8 Å². The van der Waals surface area contributed by atoms with Gasteiger partial charge < -0.3 is 14.8 Å². The molecule has 0 bridgehead atoms. The Morgan fingerprint density at radius 2 is 2.25 bits per heavy atom. The van der Waals surface area contributed by atoms with E-state index >= 15 is 0 Å². The third kappa shape index (κ3) is 5.74. The molecule has 0 aliphatic heterocycles. The molecule has 0 spiro atoms. The highest BCUT2D eigenvalue weighted by molar-refractivity contribution is 9.10. The first-order valence-corrected chi connectivity index (χ1v) is 8.37. The van der Waals surface area contributed by atoms with Crippen molar-refractivity contribution in [2.45, 2.75) is 19.8 Å². The topological polar surface area (TPSA) is 71.3 Å². The summed E-state index contributed by atoms with van der Waals surface area (Å²) in [6.07, 6.45) is 5.00.